The summed E-state index contributed by atoms with van der Waals surface area (Å²) in [5.41, 5.74) is 10.7. The molecule has 0 aromatic carbocycles. The van der Waals surface area contributed by atoms with Gasteiger partial charge in [-0.05, 0) is 38.5 Å². The first kappa shape index (κ1) is 24.4. The highest BCUT2D eigenvalue weighted by Gasteiger charge is 2.48. The van der Waals surface area contributed by atoms with Crippen molar-refractivity contribution in [3.05, 3.63) is 0 Å². The van der Waals surface area contributed by atoms with E-state index in [9.17, 15) is 29.1 Å². The van der Waals surface area contributed by atoms with Crippen LogP contribution >= 0.6 is 0 Å². The van der Waals surface area contributed by atoms with Crippen molar-refractivity contribution in [2.24, 2.45) is 16.5 Å². The van der Waals surface area contributed by atoms with Gasteiger partial charge in [0, 0.05) is 12.6 Å². The number of rotatable bonds is 6. The number of aliphatic imine (C=N–C) groups is 1. The Kier molecular flexibility index (Phi) is 7.84. The standard InChI is InChI=1S/C20H31N7O6/c21-20(22)23-7-1-2-11-18(32)24-9-15(28)26-13(8-16(29)30)17(31)14-6-4-10-3-5-12(25-11)19(33)27(10)14/h10-14,25H,1-9H2,(H,24,32)(H,26,28)(H,29,30)(H4,21,22,23)/t10-,11?,12-,13-,14-/m0/s1. The summed E-state index contributed by atoms with van der Waals surface area (Å²) in [6.45, 7) is -0.127. The van der Waals surface area contributed by atoms with Crippen LogP contribution in [-0.2, 0) is 24.0 Å². The molecule has 2 bridgehead atoms. The minimum Gasteiger partial charge on any atom is -0.481 e. The molecule has 3 heterocycles. The van der Waals surface area contributed by atoms with Gasteiger partial charge in [-0.1, -0.05) is 0 Å². The lowest BCUT2D eigenvalue weighted by molar-refractivity contribution is -0.146. The van der Waals surface area contributed by atoms with Crippen molar-refractivity contribution in [1.29, 1.82) is 0 Å². The molecule has 1 unspecified atom stereocenters. The Morgan fingerprint density at radius 2 is 1.82 bits per heavy atom. The molecule has 3 aliphatic rings. The number of hydrogen-bond acceptors (Lipinski definition) is 7. The molecule has 3 aliphatic heterocycles. The SMILES string of the molecule is NC(N)=NCCCC1N[C@H]2CC[C@H]3CC[C@@H](C(=O)[C@H](CC(=O)O)NC(=O)CNC1=O)N3C2=O. The number of amides is 3. The molecule has 13 heteroatoms. The minimum absolute atomic E-state index is 0.0619. The first-order valence-corrected chi connectivity index (χ1v) is 11.1. The highest BCUT2D eigenvalue weighted by atomic mass is 16.4. The van der Waals surface area contributed by atoms with E-state index in [1.54, 1.807) is 0 Å². The predicted octanol–water partition coefficient (Wildman–Crippen LogP) is -2.82. The number of aliphatic carboxylic acids is 1. The fourth-order valence-electron chi connectivity index (χ4n) is 4.80. The van der Waals surface area contributed by atoms with Gasteiger partial charge >= 0.3 is 5.97 Å². The summed E-state index contributed by atoms with van der Waals surface area (Å²) < 4.78 is 0. The fourth-order valence-corrected chi connectivity index (χ4v) is 4.80. The molecule has 0 aromatic heterocycles. The lowest BCUT2D eigenvalue weighted by Crippen LogP contribution is -2.60. The maximum Gasteiger partial charge on any atom is 0.305 e. The molecule has 0 spiro atoms. The Morgan fingerprint density at radius 1 is 1.09 bits per heavy atom. The van der Waals surface area contributed by atoms with Gasteiger partial charge < -0.3 is 32.1 Å². The van der Waals surface area contributed by atoms with Crippen LogP contribution in [0.15, 0.2) is 4.99 Å². The summed E-state index contributed by atoms with van der Waals surface area (Å²) >= 11 is 0. The average molecular weight is 466 g/mol. The Hall–Kier alpha value is -3.22. The number of nitrogens with one attached hydrogen (secondary N) is 3. The molecule has 5 atom stereocenters. The molecule has 0 saturated carbocycles. The zero-order valence-corrected chi connectivity index (χ0v) is 18.3. The Morgan fingerprint density at radius 3 is 2.52 bits per heavy atom. The van der Waals surface area contributed by atoms with E-state index in [2.05, 4.69) is 20.9 Å². The smallest absolute Gasteiger partial charge is 0.305 e. The molecule has 182 valence electrons. The van der Waals surface area contributed by atoms with Gasteiger partial charge in [-0.3, -0.25) is 34.3 Å². The van der Waals surface area contributed by atoms with E-state index in [4.69, 9.17) is 11.5 Å². The molecule has 3 saturated heterocycles. The van der Waals surface area contributed by atoms with Gasteiger partial charge in [0.05, 0.1) is 31.1 Å². The van der Waals surface area contributed by atoms with Crippen LogP contribution < -0.4 is 27.4 Å². The summed E-state index contributed by atoms with van der Waals surface area (Å²) in [5, 5.41) is 17.2. The van der Waals surface area contributed by atoms with Gasteiger partial charge in [0.2, 0.25) is 17.7 Å². The molecular weight excluding hydrogens is 434 g/mol. The molecule has 3 rings (SSSR count). The van der Waals surface area contributed by atoms with Crippen LogP contribution in [0.1, 0.15) is 44.9 Å². The monoisotopic (exact) mass is 465 g/mol. The van der Waals surface area contributed by atoms with Crippen LogP contribution in [0.3, 0.4) is 0 Å². The number of Topliss-reactive ketones (excluding diaryl/α,β-unsaturated/α-hetero) is 1. The zero-order chi connectivity index (χ0) is 24.1. The van der Waals surface area contributed by atoms with Crippen LogP contribution in [0.2, 0.25) is 0 Å². The summed E-state index contributed by atoms with van der Waals surface area (Å²) in [6, 6.07) is -3.65. The van der Waals surface area contributed by atoms with E-state index >= 15 is 0 Å². The molecule has 13 nitrogen and oxygen atoms in total. The Balaban J connectivity index is 1.85. The van der Waals surface area contributed by atoms with Crippen molar-refractivity contribution < 1.29 is 29.1 Å². The maximum absolute atomic E-state index is 13.3. The van der Waals surface area contributed by atoms with Gasteiger partial charge in [-0.15, -0.1) is 0 Å². The molecule has 33 heavy (non-hydrogen) atoms. The number of fused-ring (bicyclic) bond motifs is 1. The fraction of sp³-hybridized carbons (Fsp3) is 0.700. The van der Waals surface area contributed by atoms with Crippen LogP contribution in [0, 0.1) is 0 Å². The Bertz CT molecular complexity index is 843. The number of carbonyl (C=O) groups excluding carboxylic acids is 4. The minimum atomic E-state index is -1.28. The lowest BCUT2D eigenvalue weighted by atomic mass is 9.96. The predicted molar refractivity (Wildman–Crippen MR) is 116 cm³/mol. The van der Waals surface area contributed by atoms with E-state index in [0.717, 1.165) is 0 Å². The first-order valence-electron chi connectivity index (χ1n) is 11.1. The van der Waals surface area contributed by atoms with E-state index in [1.807, 2.05) is 0 Å². The Labute approximate surface area is 190 Å². The number of carboxylic acid groups (broad SMARTS) is 1. The third-order valence-electron chi connectivity index (χ3n) is 6.32. The van der Waals surface area contributed by atoms with Crippen molar-refractivity contribution in [2.45, 2.75) is 75.2 Å². The van der Waals surface area contributed by atoms with Gasteiger partial charge in [-0.25, -0.2) is 0 Å². The maximum atomic E-state index is 13.3. The number of nitrogens with two attached hydrogens (primary N) is 2. The normalized spacial score (nSPS) is 30.4. The molecule has 8 N–H and O–H groups in total. The topological polar surface area (TPSA) is 209 Å². The third-order valence-corrected chi connectivity index (χ3v) is 6.32. The second kappa shape index (κ2) is 10.6. The van der Waals surface area contributed by atoms with Crippen LogP contribution in [-0.4, -0.2) is 88.7 Å². The highest BCUT2D eigenvalue weighted by Crippen LogP contribution is 2.34. The van der Waals surface area contributed by atoms with Gasteiger partial charge in [0.15, 0.2) is 11.7 Å². The highest BCUT2D eigenvalue weighted by molar-refractivity contribution is 5.99. The van der Waals surface area contributed by atoms with Crippen LogP contribution in [0.25, 0.3) is 0 Å². The van der Waals surface area contributed by atoms with Crippen molar-refractivity contribution in [1.82, 2.24) is 20.9 Å². The molecule has 0 aliphatic carbocycles. The second-order valence-corrected chi connectivity index (χ2v) is 8.63. The second-order valence-electron chi connectivity index (χ2n) is 8.63. The van der Waals surface area contributed by atoms with E-state index in [0.29, 0.717) is 45.1 Å². The molecule has 0 radical (unpaired) electrons. The van der Waals surface area contributed by atoms with Gasteiger partial charge in [-0.2, -0.15) is 0 Å². The number of carbonyl (C=O) groups is 5. The van der Waals surface area contributed by atoms with Crippen molar-refractivity contribution >= 4 is 35.4 Å². The first-order chi connectivity index (χ1) is 15.7. The number of nitrogens with zero attached hydrogens (tertiary/aromatic N) is 2. The van der Waals surface area contributed by atoms with Crippen LogP contribution in [0.4, 0.5) is 0 Å². The summed E-state index contributed by atoms with van der Waals surface area (Å²) in [4.78, 5) is 68.4. The number of guanidine groups is 1. The van der Waals surface area contributed by atoms with E-state index in [-0.39, 0.29) is 17.9 Å². The number of piperidine rings is 1. The summed E-state index contributed by atoms with van der Waals surface area (Å²) in [6.07, 6.45) is 2.39. The largest absolute Gasteiger partial charge is 0.481 e. The third kappa shape index (κ3) is 5.97. The van der Waals surface area contributed by atoms with Crippen molar-refractivity contribution in [3.63, 3.8) is 0 Å². The molecule has 3 fully saturated rings. The zero-order valence-electron chi connectivity index (χ0n) is 18.3. The van der Waals surface area contributed by atoms with Crippen LogP contribution in [0.5, 0.6) is 0 Å². The van der Waals surface area contributed by atoms with Gasteiger partial charge in [0.25, 0.3) is 0 Å². The van der Waals surface area contributed by atoms with Gasteiger partial charge in [0.1, 0.15) is 6.04 Å². The van der Waals surface area contributed by atoms with E-state index in [1.165, 1.54) is 4.90 Å². The molecule has 3 amide bonds. The number of ketones is 1. The summed E-state index contributed by atoms with van der Waals surface area (Å²) in [7, 11) is 0. The van der Waals surface area contributed by atoms with Crippen molar-refractivity contribution in [2.75, 3.05) is 13.1 Å². The van der Waals surface area contributed by atoms with E-state index < -0.39 is 60.7 Å². The number of hydrogen-bond donors (Lipinski definition) is 6. The summed E-state index contributed by atoms with van der Waals surface area (Å²) in [5.74, 6) is -3.26. The lowest BCUT2D eigenvalue weighted by Gasteiger charge is -2.39. The molecule has 0 aromatic rings. The van der Waals surface area contributed by atoms with Crippen molar-refractivity contribution in [3.8, 4) is 0 Å². The number of carboxylic acids is 1. The molecular formula is C20H31N7O6. The average Bonchev–Trinajstić information content (AvgIpc) is 3.18. The quantitative estimate of drug-likeness (QED) is 0.135.